The second kappa shape index (κ2) is 7.62. The molecule has 2 aromatic rings. The van der Waals surface area contributed by atoms with Crippen molar-refractivity contribution in [3.8, 4) is 0 Å². The minimum absolute atomic E-state index is 0.0706. The van der Waals surface area contributed by atoms with Gasteiger partial charge in [0.15, 0.2) is 0 Å². The van der Waals surface area contributed by atoms with Crippen molar-refractivity contribution in [3.63, 3.8) is 0 Å². The van der Waals surface area contributed by atoms with Crippen LogP contribution in [0.5, 0.6) is 0 Å². The van der Waals surface area contributed by atoms with Crippen molar-refractivity contribution in [2.45, 2.75) is 19.5 Å². The molecule has 23 heavy (non-hydrogen) atoms. The fourth-order valence-electron chi connectivity index (χ4n) is 3.00. The Kier molecular flexibility index (Phi) is 5.31. The minimum Gasteiger partial charge on any atom is -0.352 e. The molecule has 1 heterocycles. The topological polar surface area (TPSA) is 32.3 Å². The molecule has 3 nitrogen and oxygen atoms in total. The molecule has 1 N–H and O–H groups in total. The Morgan fingerprint density at radius 2 is 1.87 bits per heavy atom. The second-order valence-corrected chi connectivity index (χ2v) is 6.42. The van der Waals surface area contributed by atoms with Gasteiger partial charge in [0.25, 0.3) is 0 Å². The Morgan fingerprint density at radius 3 is 2.65 bits per heavy atom. The van der Waals surface area contributed by atoms with Crippen molar-refractivity contribution in [1.82, 2.24) is 10.2 Å². The number of amides is 1. The Bertz CT molecular complexity index is 659. The first kappa shape index (κ1) is 16.0. The van der Waals surface area contributed by atoms with Crippen molar-refractivity contribution in [2.24, 2.45) is 5.92 Å². The van der Waals surface area contributed by atoms with Crippen LogP contribution in [-0.2, 0) is 17.9 Å². The number of benzene rings is 2. The van der Waals surface area contributed by atoms with Crippen LogP contribution in [0.1, 0.15) is 17.5 Å². The molecule has 1 amide bonds. The highest BCUT2D eigenvalue weighted by atomic mass is 35.5. The van der Waals surface area contributed by atoms with E-state index in [9.17, 15) is 4.79 Å². The molecule has 0 aromatic heterocycles. The van der Waals surface area contributed by atoms with Crippen LogP contribution in [-0.4, -0.2) is 23.9 Å². The van der Waals surface area contributed by atoms with Gasteiger partial charge in [-0.1, -0.05) is 60.1 Å². The number of rotatable bonds is 5. The highest BCUT2D eigenvalue weighted by molar-refractivity contribution is 6.31. The zero-order valence-corrected chi connectivity index (χ0v) is 13.8. The summed E-state index contributed by atoms with van der Waals surface area (Å²) in [5, 5.41) is 3.72. The highest BCUT2D eigenvalue weighted by Crippen LogP contribution is 2.20. The first-order valence-corrected chi connectivity index (χ1v) is 8.37. The van der Waals surface area contributed by atoms with Crippen LogP contribution in [0.15, 0.2) is 54.6 Å². The zero-order chi connectivity index (χ0) is 16.1. The van der Waals surface area contributed by atoms with Gasteiger partial charge in [-0.05, 0) is 30.2 Å². The van der Waals surface area contributed by atoms with Gasteiger partial charge in [-0.2, -0.15) is 0 Å². The van der Waals surface area contributed by atoms with E-state index in [2.05, 4.69) is 34.5 Å². The molecule has 0 bridgehead atoms. The summed E-state index contributed by atoms with van der Waals surface area (Å²) in [6.45, 7) is 3.20. The molecule has 120 valence electrons. The van der Waals surface area contributed by atoms with Crippen molar-refractivity contribution in [1.29, 1.82) is 0 Å². The molecule has 1 unspecified atom stereocenters. The lowest BCUT2D eigenvalue weighted by Gasteiger charge is -2.16. The molecule has 0 aliphatic carbocycles. The maximum atomic E-state index is 12.3. The van der Waals surface area contributed by atoms with Crippen LogP contribution in [0, 0.1) is 5.92 Å². The lowest BCUT2D eigenvalue weighted by molar-refractivity contribution is -0.124. The number of hydrogen-bond donors (Lipinski definition) is 1. The maximum absolute atomic E-state index is 12.3. The molecule has 1 fully saturated rings. The number of hydrogen-bond acceptors (Lipinski definition) is 2. The Balaban J connectivity index is 1.49. The van der Waals surface area contributed by atoms with Gasteiger partial charge < -0.3 is 5.32 Å². The van der Waals surface area contributed by atoms with E-state index in [4.69, 9.17) is 11.6 Å². The monoisotopic (exact) mass is 328 g/mol. The normalized spacial score (nSPS) is 18.0. The van der Waals surface area contributed by atoms with Gasteiger partial charge in [0, 0.05) is 24.7 Å². The lowest BCUT2D eigenvalue weighted by Crippen LogP contribution is -2.32. The molecule has 0 saturated carbocycles. The van der Waals surface area contributed by atoms with E-state index in [-0.39, 0.29) is 11.8 Å². The molecular formula is C19H21ClN2O. The van der Waals surface area contributed by atoms with Crippen LogP contribution >= 0.6 is 11.6 Å². The van der Waals surface area contributed by atoms with Crippen LogP contribution in [0.25, 0.3) is 0 Å². The van der Waals surface area contributed by atoms with Gasteiger partial charge in [0.05, 0.1) is 5.92 Å². The number of halogens is 1. The molecule has 0 spiro atoms. The molecule has 0 radical (unpaired) electrons. The fourth-order valence-corrected chi connectivity index (χ4v) is 3.20. The van der Waals surface area contributed by atoms with Crippen molar-refractivity contribution >= 4 is 17.5 Å². The molecule has 1 saturated heterocycles. The smallest absolute Gasteiger partial charge is 0.224 e. The van der Waals surface area contributed by atoms with Gasteiger partial charge in [-0.3, -0.25) is 9.69 Å². The van der Waals surface area contributed by atoms with E-state index in [0.717, 1.165) is 31.6 Å². The van der Waals surface area contributed by atoms with E-state index >= 15 is 0 Å². The molecule has 3 rings (SSSR count). The Hall–Kier alpha value is -1.84. The van der Waals surface area contributed by atoms with Crippen molar-refractivity contribution in [3.05, 3.63) is 70.7 Å². The van der Waals surface area contributed by atoms with Crippen LogP contribution in [0.2, 0.25) is 5.02 Å². The third-order valence-corrected chi connectivity index (χ3v) is 4.67. The quantitative estimate of drug-likeness (QED) is 0.911. The fraction of sp³-hybridized carbons (Fsp3) is 0.316. The number of carbonyl (C=O) groups is 1. The second-order valence-electron chi connectivity index (χ2n) is 6.02. The van der Waals surface area contributed by atoms with Crippen LogP contribution in [0.3, 0.4) is 0 Å². The average molecular weight is 329 g/mol. The summed E-state index contributed by atoms with van der Waals surface area (Å²) in [4.78, 5) is 14.7. The molecule has 1 atom stereocenters. The first-order valence-electron chi connectivity index (χ1n) is 8.00. The third kappa shape index (κ3) is 4.34. The predicted molar refractivity (Wildman–Crippen MR) is 93.1 cm³/mol. The van der Waals surface area contributed by atoms with E-state index in [0.29, 0.717) is 11.6 Å². The third-order valence-electron chi connectivity index (χ3n) is 4.30. The van der Waals surface area contributed by atoms with Gasteiger partial charge >= 0.3 is 0 Å². The molecular weight excluding hydrogens is 308 g/mol. The van der Waals surface area contributed by atoms with E-state index < -0.39 is 0 Å². The summed E-state index contributed by atoms with van der Waals surface area (Å²) >= 11 is 6.12. The summed E-state index contributed by atoms with van der Waals surface area (Å²) in [6.07, 6.45) is 0.918. The molecule has 1 aliphatic rings. The number of nitrogens with zero attached hydrogens (tertiary/aromatic N) is 1. The van der Waals surface area contributed by atoms with Crippen molar-refractivity contribution < 1.29 is 4.79 Å². The standard InChI is InChI=1S/C19H21ClN2O/c20-18-9-5-4-8-16(18)12-21-19(23)17-10-11-22(14-17)13-15-6-2-1-3-7-15/h1-9,17H,10-14H2,(H,21,23). The number of nitrogens with one attached hydrogen (secondary N) is 1. The van der Waals surface area contributed by atoms with Gasteiger partial charge in [0.1, 0.15) is 0 Å². The first-order chi connectivity index (χ1) is 11.2. The summed E-state index contributed by atoms with van der Waals surface area (Å²) in [5.41, 5.74) is 2.26. The van der Waals surface area contributed by atoms with E-state index in [1.165, 1.54) is 5.56 Å². The van der Waals surface area contributed by atoms with Gasteiger partial charge in [-0.25, -0.2) is 0 Å². The van der Waals surface area contributed by atoms with E-state index in [1.807, 2.05) is 30.3 Å². The van der Waals surface area contributed by atoms with Crippen LogP contribution in [0.4, 0.5) is 0 Å². The predicted octanol–water partition coefficient (Wildman–Crippen LogP) is 3.48. The summed E-state index contributed by atoms with van der Waals surface area (Å²) < 4.78 is 0. The minimum atomic E-state index is 0.0706. The Morgan fingerprint density at radius 1 is 1.13 bits per heavy atom. The Labute approximate surface area is 142 Å². The zero-order valence-electron chi connectivity index (χ0n) is 13.0. The van der Waals surface area contributed by atoms with Crippen LogP contribution < -0.4 is 5.32 Å². The summed E-state index contributed by atoms with van der Waals surface area (Å²) in [7, 11) is 0. The highest BCUT2D eigenvalue weighted by Gasteiger charge is 2.28. The van der Waals surface area contributed by atoms with E-state index in [1.54, 1.807) is 0 Å². The molecule has 1 aliphatic heterocycles. The number of likely N-dealkylation sites (tertiary alicyclic amines) is 1. The van der Waals surface area contributed by atoms with Crippen molar-refractivity contribution in [2.75, 3.05) is 13.1 Å². The summed E-state index contributed by atoms with van der Waals surface area (Å²) in [6, 6.07) is 18.0. The largest absolute Gasteiger partial charge is 0.352 e. The maximum Gasteiger partial charge on any atom is 0.224 e. The van der Waals surface area contributed by atoms with Gasteiger partial charge in [0.2, 0.25) is 5.91 Å². The summed E-state index contributed by atoms with van der Waals surface area (Å²) in [5.74, 6) is 0.196. The average Bonchev–Trinajstić information content (AvgIpc) is 3.03. The molecule has 4 heteroatoms. The lowest BCUT2D eigenvalue weighted by atomic mass is 10.1. The molecule has 2 aromatic carbocycles. The SMILES string of the molecule is O=C(NCc1ccccc1Cl)C1CCN(Cc2ccccc2)C1. The number of carbonyl (C=O) groups excluding carboxylic acids is 1. The van der Waals surface area contributed by atoms with Gasteiger partial charge in [-0.15, -0.1) is 0 Å².